The summed E-state index contributed by atoms with van der Waals surface area (Å²) in [6.45, 7) is 3.62. The Morgan fingerprint density at radius 3 is 2.40 bits per heavy atom. The predicted molar refractivity (Wildman–Crippen MR) is 107 cm³/mol. The largest absolute Gasteiger partial charge is 0.418 e. The van der Waals surface area contributed by atoms with Crippen LogP contribution in [0.4, 0.5) is 13.2 Å². The molecule has 0 aliphatic rings. The van der Waals surface area contributed by atoms with Crippen molar-refractivity contribution in [2.45, 2.75) is 25.9 Å². The minimum atomic E-state index is -4.61. The molecular weight excluding hydrogens is 395 g/mol. The third-order valence-electron chi connectivity index (χ3n) is 4.70. The number of benzene rings is 2. The smallest absolute Gasteiger partial charge is 0.350 e. The third-order valence-corrected chi connectivity index (χ3v) is 4.70. The van der Waals surface area contributed by atoms with Crippen LogP contribution < -0.4 is 10.7 Å². The Morgan fingerprint density at radius 2 is 1.73 bits per heavy atom. The number of aryl methyl sites for hydroxylation is 1. The van der Waals surface area contributed by atoms with Gasteiger partial charge in [-0.05, 0) is 30.5 Å². The molecule has 8 heteroatoms. The normalized spacial score (nSPS) is 12.4. The van der Waals surface area contributed by atoms with Crippen LogP contribution in [0.1, 0.15) is 40.2 Å². The van der Waals surface area contributed by atoms with Crippen LogP contribution in [0.2, 0.25) is 0 Å². The topological polar surface area (TPSA) is 64.0 Å². The van der Waals surface area contributed by atoms with Gasteiger partial charge in [0.1, 0.15) is 0 Å². The lowest BCUT2D eigenvalue weighted by molar-refractivity contribution is -0.137. The highest BCUT2D eigenvalue weighted by atomic mass is 19.4. The van der Waals surface area contributed by atoms with Gasteiger partial charge in [0, 0.05) is 18.3 Å². The summed E-state index contributed by atoms with van der Waals surface area (Å²) in [5, 5.41) is 6.60. The van der Waals surface area contributed by atoms with Crippen LogP contribution in [0.25, 0.3) is 5.69 Å². The lowest BCUT2D eigenvalue weighted by atomic mass is 10.0. The van der Waals surface area contributed by atoms with Gasteiger partial charge in [-0.15, -0.1) is 0 Å². The van der Waals surface area contributed by atoms with Gasteiger partial charge >= 0.3 is 6.18 Å². The number of alkyl halides is 3. The van der Waals surface area contributed by atoms with Crippen molar-refractivity contribution in [1.82, 2.24) is 15.1 Å². The van der Waals surface area contributed by atoms with Crippen molar-refractivity contribution < 1.29 is 18.0 Å². The second kappa shape index (κ2) is 8.52. The lowest BCUT2D eigenvalue weighted by Gasteiger charge is -2.17. The second-order valence-electron chi connectivity index (χ2n) is 6.95. The Balaban J connectivity index is 1.91. The van der Waals surface area contributed by atoms with Gasteiger partial charge < -0.3 is 5.32 Å². The summed E-state index contributed by atoms with van der Waals surface area (Å²) in [5.41, 5.74) is -1.09. The Hall–Kier alpha value is -3.42. The van der Waals surface area contributed by atoms with Crippen LogP contribution >= 0.6 is 0 Å². The summed E-state index contributed by atoms with van der Waals surface area (Å²) in [4.78, 5) is 24.9. The Labute approximate surface area is 171 Å². The van der Waals surface area contributed by atoms with E-state index in [0.717, 1.165) is 22.4 Å². The molecular formula is C22H20F3N3O2. The van der Waals surface area contributed by atoms with Gasteiger partial charge in [0.15, 0.2) is 5.69 Å². The van der Waals surface area contributed by atoms with Crippen molar-refractivity contribution in [3.8, 4) is 5.69 Å². The van der Waals surface area contributed by atoms with E-state index >= 15 is 0 Å². The van der Waals surface area contributed by atoms with E-state index in [-0.39, 0.29) is 23.8 Å². The third kappa shape index (κ3) is 4.59. The number of carbonyl (C=O) groups is 1. The van der Waals surface area contributed by atoms with Gasteiger partial charge in [0.25, 0.3) is 5.91 Å². The van der Waals surface area contributed by atoms with Crippen molar-refractivity contribution >= 4 is 5.91 Å². The van der Waals surface area contributed by atoms with Crippen molar-refractivity contribution in [2.24, 2.45) is 0 Å². The number of rotatable bonds is 5. The number of amides is 1. The molecule has 5 nitrogen and oxygen atoms in total. The molecule has 1 unspecified atom stereocenters. The van der Waals surface area contributed by atoms with E-state index in [0.29, 0.717) is 0 Å². The number of carbonyl (C=O) groups excluding carboxylic acids is 1. The molecule has 0 bridgehead atoms. The van der Waals surface area contributed by atoms with Gasteiger partial charge in [-0.3, -0.25) is 9.59 Å². The first-order chi connectivity index (χ1) is 14.2. The molecule has 1 aromatic heterocycles. The van der Waals surface area contributed by atoms with Crippen molar-refractivity contribution in [3.63, 3.8) is 0 Å². The number of hydrogen-bond acceptors (Lipinski definition) is 3. The maximum atomic E-state index is 13.4. The molecule has 1 heterocycles. The molecule has 1 atom stereocenters. The van der Waals surface area contributed by atoms with Gasteiger partial charge in [-0.1, -0.05) is 49.4 Å². The van der Waals surface area contributed by atoms with E-state index < -0.39 is 28.8 Å². The standard InChI is InChI=1S/C22H20F3N3O2/c1-14(16-8-4-3-5-9-16)13-26-21(30)20-19(29)12-15(2)28(27-20)18-11-7-6-10-17(18)22(23,24)25/h3-12,14H,13H2,1-2H3,(H,26,30). The number of nitrogens with zero attached hydrogens (tertiary/aromatic N) is 2. The zero-order valence-corrected chi connectivity index (χ0v) is 16.4. The van der Waals surface area contributed by atoms with Crippen molar-refractivity contribution in [3.05, 3.63) is 93.4 Å². The summed E-state index contributed by atoms with van der Waals surface area (Å²) >= 11 is 0. The van der Waals surface area contributed by atoms with Crippen LogP contribution in [0.5, 0.6) is 0 Å². The monoisotopic (exact) mass is 415 g/mol. The molecule has 0 radical (unpaired) electrons. The Kier molecular flexibility index (Phi) is 6.05. The number of halogens is 3. The van der Waals surface area contributed by atoms with Gasteiger partial charge in [-0.25, -0.2) is 4.68 Å². The molecule has 2 aromatic carbocycles. The fourth-order valence-corrected chi connectivity index (χ4v) is 3.08. The second-order valence-corrected chi connectivity index (χ2v) is 6.95. The Morgan fingerprint density at radius 1 is 1.10 bits per heavy atom. The first-order valence-corrected chi connectivity index (χ1v) is 9.29. The highest BCUT2D eigenvalue weighted by Gasteiger charge is 2.34. The van der Waals surface area contributed by atoms with Crippen LogP contribution in [0.3, 0.4) is 0 Å². The summed E-state index contributed by atoms with van der Waals surface area (Å²) < 4.78 is 41.2. The highest BCUT2D eigenvalue weighted by molar-refractivity contribution is 5.92. The zero-order valence-electron chi connectivity index (χ0n) is 16.4. The predicted octanol–water partition coefficient (Wildman–Crippen LogP) is 4.09. The van der Waals surface area contributed by atoms with Crippen LogP contribution in [0.15, 0.2) is 65.5 Å². The van der Waals surface area contributed by atoms with E-state index in [1.165, 1.54) is 25.1 Å². The number of hydrogen-bond donors (Lipinski definition) is 1. The molecule has 1 amide bonds. The number of aromatic nitrogens is 2. The molecule has 156 valence electrons. The molecule has 0 spiro atoms. The maximum absolute atomic E-state index is 13.4. The van der Waals surface area contributed by atoms with Crippen LogP contribution in [-0.2, 0) is 6.18 Å². The SMILES string of the molecule is Cc1cc(=O)c(C(=O)NCC(C)c2ccccc2)nn1-c1ccccc1C(F)(F)F. The molecule has 0 aliphatic heterocycles. The average molecular weight is 415 g/mol. The first-order valence-electron chi connectivity index (χ1n) is 9.29. The quantitative estimate of drug-likeness (QED) is 0.683. The summed E-state index contributed by atoms with van der Waals surface area (Å²) in [6.07, 6.45) is -4.61. The van der Waals surface area contributed by atoms with Crippen molar-refractivity contribution in [2.75, 3.05) is 6.54 Å². The van der Waals surface area contributed by atoms with E-state index in [9.17, 15) is 22.8 Å². The lowest BCUT2D eigenvalue weighted by Crippen LogP contribution is -2.34. The molecule has 30 heavy (non-hydrogen) atoms. The molecule has 0 fully saturated rings. The van der Waals surface area contributed by atoms with Gasteiger partial charge in [0.2, 0.25) is 5.43 Å². The fourth-order valence-electron chi connectivity index (χ4n) is 3.08. The zero-order chi connectivity index (χ0) is 21.9. The number of nitrogens with one attached hydrogen (secondary N) is 1. The van der Waals surface area contributed by atoms with Crippen LogP contribution in [-0.4, -0.2) is 22.2 Å². The van der Waals surface area contributed by atoms with Crippen molar-refractivity contribution in [1.29, 1.82) is 0 Å². The van der Waals surface area contributed by atoms with Gasteiger partial charge in [0.05, 0.1) is 11.3 Å². The molecule has 3 aromatic rings. The molecule has 0 saturated carbocycles. The summed E-state index contributed by atoms with van der Waals surface area (Å²) in [7, 11) is 0. The van der Waals surface area contributed by atoms with E-state index in [1.54, 1.807) is 0 Å². The molecule has 1 N–H and O–H groups in total. The van der Waals surface area contributed by atoms with Gasteiger partial charge in [-0.2, -0.15) is 18.3 Å². The maximum Gasteiger partial charge on any atom is 0.418 e. The number of para-hydroxylation sites is 1. The minimum absolute atomic E-state index is 0.0196. The van der Waals surface area contributed by atoms with E-state index in [1.807, 2.05) is 37.3 Å². The minimum Gasteiger partial charge on any atom is -0.350 e. The average Bonchev–Trinajstić information content (AvgIpc) is 2.72. The molecule has 3 rings (SSSR count). The van der Waals surface area contributed by atoms with E-state index in [4.69, 9.17) is 0 Å². The fraction of sp³-hybridized carbons (Fsp3) is 0.227. The molecule has 0 saturated heterocycles. The summed E-state index contributed by atoms with van der Waals surface area (Å²) in [6, 6.07) is 15.5. The first kappa shape index (κ1) is 21.3. The highest BCUT2D eigenvalue weighted by Crippen LogP contribution is 2.33. The van der Waals surface area contributed by atoms with E-state index in [2.05, 4.69) is 10.4 Å². The van der Waals surface area contributed by atoms with Crippen LogP contribution in [0, 0.1) is 6.92 Å². The summed E-state index contributed by atoms with van der Waals surface area (Å²) in [5.74, 6) is -0.755. The Bertz CT molecular complexity index is 1110. The molecule has 0 aliphatic carbocycles.